The predicted octanol–water partition coefficient (Wildman–Crippen LogP) is 6.62. The summed E-state index contributed by atoms with van der Waals surface area (Å²) in [5.41, 5.74) is 3.88. The molecule has 4 rings (SSSR count). The van der Waals surface area contributed by atoms with Gasteiger partial charge >= 0.3 is 5.97 Å². The zero-order valence-electron chi connectivity index (χ0n) is 32.8. The van der Waals surface area contributed by atoms with Crippen LogP contribution in [-0.2, 0) is 50.1 Å². The molecule has 0 saturated heterocycles. The summed E-state index contributed by atoms with van der Waals surface area (Å²) < 4.78 is 86.4. The molecule has 0 bridgehead atoms. The van der Waals surface area contributed by atoms with Crippen molar-refractivity contribution in [3.05, 3.63) is 95.8 Å². The molecule has 2 aliphatic rings. The van der Waals surface area contributed by atoms with E-state index < -0.39 is 37.0 Å². The van der Waals surface area contributed by atoms with E-state index in [1.54, 1.807) is 19.2 Å². The van der Waals surface area contributed by atoms with Crippen molar-refractivity contribution >= 4 is 43.3 Å². The lowest BCUT2D eigenvalue weighted by Crippen LogP contribution is -2.30. The van der Waals surface area contributed by atoms with Crippen LogP contribution in [0.1, 0.15) is 70.9 Å². The van der Waals surface area contributed by atoms with Gasteiger partial charge < -0.3 is 24.2 Å². The SMILES string of the molecule is CC[N+]1=C(/C=C/C=C/C=C/C=C2\N(CCCCCC(=O)O)c3ccc(S(=O)(=O)O)cc3C2(C)CCOCCOCCOC)C(C)(C)c2cc(S(=O)(=O)O)ccc21. The summed E-state index contributed by atoms with van der Waals surface area (Å²) in [6, 6.07) is 9.28. The Morgan fingerprint density at radius 1 is 0.804 bits per heavy atom. The van der Waals surface area contributed by atoms with Crippen molar-refractivity contribution in [1.82, 2.24) is 0 Å². The lowest BCUT2D eigenvalue weighted by molar-refractivity contribution is -0.433. The van der Waals surface area contributed by atoms with Gasteiger partial charge in [0.05, 0.1) is 41.6 Å². The zero-order valence-corrected chi connectivity index (χ0v) is 34.4. The quantitative estimate of drug-likeness (QED) is 0.0501. The van der Waals surface area contributed by atoms with Crippen molar-refractivity contribution in [3.8, 4) is 0 Å². The average molecular weight is 816 g/mol. The summed E-state index contributed by atoms with van der Waals surface area (Å²) in [7, 11) is -7.22. The topological polar surface area (TPSA) is 180 Å². The van der Waals surface area contributed by atoms with Gasteiger partial charge in [0, 0.05) is 61.2 Å². The Labute approximate surface area is 331 Å². The number of methoxy groups -OCH3 is 1. The van der Waals surface area contributed by atoms with E-state index in [-0.39, 0.29) is 16.2 Å². The lowest BCUT2D eigenvalue weighted by atomic mass is 9.78. The molecule has 2 heterocycles. The lowest BCUT2D eigenvalue weighted by Gasteiger charge is -2.30. The fourth-order valence-electron chi connectivity index (χ4n) is 7.30. The molecule has 1 atom stereocenters. The maximum absolute atomic E-state index is 12.2. The van der Waals surface area contributed by atoms with Gasteiger partial charge in [-0.15, -0.1) is 0 Å². The molecule has 0 aliphatic carbocycles. The van der Waals surface area contributed by atoms with Gasteiger partial charge in [0.1, 0.15) is 6.54 Å². The largest absolute Gasteiger partial charge is 0.481 e. The van der Waals surface area contributed by atoms with E-state index in [1.807, 2.05) is 70.2 Å². The number of carbonyl (C=O) groups is 1. The minimum Gasteiger partial charge on any atom is -0.481 e. The van der Waals surface area contributed by atoms with Crippen LogP contribution in [0.5, 0.6) is 0 Å². The Balaban J connectivity index is 1.60. The number of hydrogen-bond donors (Lipinski definition) is 3. The van der Waals surface area contributed by atoms with Crippen molar-refractivity contribution in [2.45, 2.75) is 80.4 Å². The molecule has 306 valence electrons. The van der Waals surface area contributed by atoms with Crippen LogP contribution in [-0.4, -0.2) is 101 Å². The van der Waals surface area contributed by atoms with Crippen molar-refractivity contribution in [3.63, 3.8) is 0 Å². The maximum atomic E-state index is 12.2. The summed E-state index contributed by atoms with van der Waals surface area (Å²) in [5.74, 6) is -0.841. The monoisotopic (exact) mass is 815 g/mol. The van der Waals surface area contributed by atoms with Crippen molar-refractivity contribution in [2.24, 2.45) is 0 Å². The summed E-state index contributed by atoms with van der Waals surface area (Å²) in [5, 5.41) is 9.12. The first kappa shape index (κ1) is 44.8. The minimum atomic E-state index is -4.47. The van der Waals surface area contributed by atoms with E-state index in [4.69, 9.17) is 19.3 Å². The molecule has 0 radical (unpaired) electrons. The molecular formula is C41H55N2O11S2+. The van der Waals surface area contributed by atoms with Crippen LogP contribution in [0, 0.1) is 0 Å². The fraction of sp³-hybridized carbons (Fsp3) is 0.463. The molecule has 0 saturated carbocycles. The number of nitrogens with zero attached hydrogens (tertiary/aromatic N) is 2. The smallest absolute Gasteiger partial charge is 0.303 e. The second-order valence-corrected chi connectivity index (χ2v) is 17.2. The average Bonchev–Trinajstić information content (AvgIpc) is 3.49. The first-order chi connectivity index (χ1) is 26.5. The third kappa shape index (κ3) is 10.9. The Morgan fingerprint density at radius 3 is 2.05 bits per heavy atom. The standard InChI is InChI=1S/C41H54N2O11S2/c1-6-42-35-20-18-31(55(46,47)48)29-33(35)40(2,3)37(42)15-11-8-7-9-12-16-38-41(4,22-24-53-27-28-54-26-25-52-5)34-30-32(56(49,50)51)19-21-36(34)43(38)23-14-10-13-17-39(44)45/h7-9,11-12,15-16,18-21,29-30H,6,10,13-14,17,22-28H2,1-5H3,(H2-,44,45,46,47,48,49,50,51)/p+1. The van der Waals surface area contributed by atoms with E-state index in [9.17, 15) is 30.7 Å². The van der Waals surface area contributed by atoms with Gasteiger partial charge in [0.25, 0.3) is 20.2 Å². The second kappa shape index (κ2) is 19.5. The molecule has 0 amide bonds. The first-order valence-electron chi connectivity index (χ1n) is 18.7. The van der Waals surface area contributed by atoms with E-state index >= 15 is 0 Å². The van der Waals surface area contributed by atoms with Gasteiger partial charge in [0.15, 0.2) is 5.71 Å². The van der Waals surface area contributed by atoms with Gasteiger partial charge in [-0.2, -0.15) is 21.4 Å². The number of benzene rings is 2. The molecule has 1 unspecified atom stereocenters. The Morgan fingerprint density at radius 2 is 1.41 bits per heavy atom. The normalized spacial score (nSPS) is 19.0. The number of aliphatic carboxylic acids is 1. The van der Waals surface area contributed by atoms with E-state index in [1.165, 1.54) is 24.3 Å². The number of rotatable bonds is 22. The Kier molecular flexibility index (Phi) is 15.6. The van der Waals surface area contributed by atoms with Crippen LogP contribution < -0.4 is 4.90 Å². The van der Waals surface area contributed by atoms with Crippen molar-refractivity contribution in [1.29, 1.82) is 0 Å². The van der Waals surface area contributed by atoms with Crippen LogP contribution in [0.25, 0.3) is 0 Å². The first-order valence-corrected chi connectivity index (χ1v) is 21.6. The van der Waals surface area contributed by atoms with Crippen molar-refractivity contribution < 1.29 is 54.6 Å². The van der Waals surface area contributed by atoms with Crippen LogP contribution >= 0.6 is 0 Å². The van der Waals surface area contributed by atoms with E-state index in [0.29, 0.717) is 71.8 Å². The highest BCUT2D eigenvalue weighted by atomic mass is 32.2. The van der Waals surface area contributed by atoms with Crippen molar-refractivity contribution in [2.75, 3.05) is 58.1 Å². The number of fused-ring (bicyclic) bond motifs is 2. The number of allylic oxidation sites excluding steroid dienone is 8. The highest BCUT2D eigenvalue weighted by Gasteiger charge is 2.45. The summed E-state index contributed by atoms with van der Waals surface area (Å²) in [6.07, 6.45) is 16.0. The molecule has 2 aromatic rings. The molecular weight excluding hydrogens is 761 g/mol. The summed E-state index contributed by atoms with van der Waals surface area (Å²) >= 11 is 0. The summed E-state index contributed by atoms with van der Waals surface area (Å²) in [4.78, 5) is 12.9. The van der Waals surface area contributed by atoms with Gasteiger partial charge in [-0.3, -0.25) is 13.9 Å². The Bertz CT molecular complexity index is 2100. The molecule has 13 nitrogen and oxygen atoms in total. The second-order valence-electron chi connectivity index (χ2n) is 14.4. The van der Waals surface area contributed by atoms with E-state index in [0.717, 1.165) is 33.9 Å². The molecule has 15 heteroatoms. The molecule has 3 N–H and O–H groups in total. The van der Waals surface area contributed by atoms with Crippen LogP contribution in [0.15, 0.2) is 94.4 Å². The van der Waals surface area contributed by atoms with Crippen LogP contribution in [0.3, 0.4) is 0 Å². The predicted molar refractivity (Wildman–Crippen MR) is 215 cm³/mol. The highest BCUT2D eigenvalue weighted by Crippen LogP contribution is 2.51. The third-order valence-electron chi connectivity index (χ3n) is 10.3. The summed E-state index contributed by atoms with van der Waals surface area (Å²) in [6.45, 7) is 11.4. The third-order valence-corrected chi connectivity index (χ3v) is 12.0. The number of ether oxygens (including phenoxy) is 3. The molecule has 2 aromatic carbocycles. The molecule has 2 aliphatic heterocycles. The van der Waals surface area contributed by atoms with E-state index in [2.05, 4.69) is 9.48 Å². The minimum absolute atomic E-state index is 0.0832. The number of unbranched alkanes of at least 4 members (excludes halogenated alkanes) is 2. The molecule has 56 heavy (non-hydrogen) atoms. The van der Waals surface area contributed by atoms with Crippen LogP contribution in [0.2, 0.25) is 0 Å². The fourth-order valence-corrected chi connectivity index (χ4v) is 8.31. The molecule has 0 spiro atoms. The maximum Gasteiger partial charge on any atom is 0.303 e. The van der Waals surface area contributed by atoms with Gasteiger partial charge in [-0.05, 0) is 88.9 Å². The van der Waals surface area contributed by atoms with Gasteiger partial charge in [-0.1, -0.05) is 36.8 Å². The van der Waals surface area contributed by atoms with Gasteiger partial charge in [0.2, 0.25) is 5.69 Å². The number of hydrogen-bond acceptors (Lipinski definition) is 9. The van der Waals surface area contributed by atoms with Crippen LogP contribution in [0.4, 0.5) is 11.4 Å². The zero-order chi connectivity index (χ0) is 41.1. The number of carboxylic acid groups (broad SMARTS) is 1. The highest BCUT2D eigenvalue weighted by molar-refractivity contribution is 7.86. The Hall–Kier alpha value is -3.96. The number of anilines is 1. The van der Waals surface area contributed by atoms with Gasteiger partial charge in [-0.25, -0.2) is 0 Å². The molecule has 0 aromatic heterocycles. The molecule has 0 fully saturated rings. The number of carboxylic acids is 1.